The molecule has 0 radical (unpaired) electrons. The number of ether oxygens (including phenoxy) is 1. The SMILES string of the molecule is Cc1ccc(-c2nc3ccccc3[nH]2)cc1NC(=O)c1cc([N+](=O)[O-])ccc1N1CCOCC1. The number of nitrogens with one attached hydrogen (secondary N) is 2. The Morgan fingerprint density at radius 2 is 1.91 bits per heavy atom. The maximum absolute atomic E-state index is 13.4. The predicted octanol–water partition coefficient (Wildman–Crippen LogP) is 4.54. The number of benzene rings is 3. The van der Waals surface area contributed by atoms with Crippen LogP contribution < -0.4 is 10.2 Å². The van der Waals surface area contributed by atoms with E-state index in [4.69, 9.17) is 4.74 Å². The second kappa shape index (κ2) is 8.95. The molecule has 3 aromatic carbocycles. The van der Waals surface area contributed by atoms with Crippen molar-refractivity contribution in [3.8, 4) is 11.4 Å². The number of non-ortho nitro benzene ring substituents is 1. The summed E-state index contributed by atoms with van der Waals surface area (Å²) in [4.78, 5) is 34.2. The van der Waals surface area contributed by atoms with Gasteiger partial charge in [0.25, 0.3) is 11.6 Å². The Bertz CT molecular complexity index is 1360. The van der Waals surface area contributed by atoms with Gasteiger partial charge in [0.1, 0.15) is 5.82 Å². The van der Waals surface area contributed by atoms with E-state index in [0.717, 1.165) is 22.2 Å². The fourth-order valence-electron chi connectivity index (χ4n) is 4.08. The first-order chi connectivity index (χ1) is 16.5. The highest BCUT2D eigenvalue weighted by Gasteiger charge is 2.22. The fourth-order valence-corrected chi connectivity index (χ4v) is 4.08. The number of nitro benzene ring substituents is 1. The summed E-state index contributed by atoms with van der Waals surface area (Å²) in [6.45, 7) is 4.19. The summed E-state index contributed by atoms with van der Waals surface area (Å²) in [6.07, 6.45) is 0. The lowest BCUT2D eigenvalue weighted by Crippen LogP contribution is -2.37. The fraction of sp³-hybridized carbons (Fsp3) is 0.200. The van der Waals surface area contributed by atoms with Gasteiger partial charge in [-0.25, -0.2) is 4.98 Å². The van der Waals surface area contributed by atoms with Gasteiger partial charge in [-0.3, -0.25) is 14.9 Å². The van der Waals surface area contributed by atoms with Gasteiger partial charge in [-0.15, -0.1) is 0 Å². The number of anilines is 2. The highest BCUT2D eigenvalue weighted by Crippen LogP contribution is 2.29. The Hall–Kier alpha value is -4.24. The van der Waals surface area contributed by atoms with Crippen molar-refractivity contribution in [1.29, 1.82) is 0 Å². The quantitative estimate of drug-likeness (QED) is 0.336. The highest BCUT2D eigenvalue weighted by atomic mass is 16.6. The average molecular weight is 457 g/mol. The molecule has 2 N–H and O–H groups in total. The first-order valence-corrected chi connectivity index (χ1v) is 11.0. The standard InChI is InChI=1S/C25H23N5O4/c1-16-6-7-17(24-26-20-4-2-3-5-21(20)27-24)14-22(16)28-25(31)19-15-18(30(32)33)8-9-23(19)29-10-12-34-13-11-29/h2-9,14-15H,10-13H2,1H3,(H,26,27)(H,28,31). The van der Waals surface area contributed by atoms with Crippen molar-refractivity contribution in [3.05, 3.63) is 81.9 Å². The number of fused-ring (bicyclic) bond motifs is 1. The van der Waals surface area contributed by atoms with Crippen LogP contribution >= 0.6 is 0 Å². The zero-order valence-corrected chi connectivity index (χ0v) is 18.6. The third kappa shape index (κ3) is 4.20. The van der Waals surface area contributed by atoms with Crippen LogP contribution in [0.15, 0.2) is 60.7 Å². The van der Waals surface area contributed by atoms with E-state index in [2.05, 4.69) is 15.3 Å². The number of morpholine rings is 1. The van der Waals surface area contributed by atoms with Crippen molar-refractivity contribution in [2.75, 3.05) is 36.5 Å². The zero-order chi connectivity index (χ0) is 23.7. The van der Waals surface area contributed by atoms with Crippen LogP contribution in [0.3, 0.4) is 0 Å². The number of imidazole rings is 1. The Labute approximate surface area is 195 Å². The van der Waals surface area contributed by atoms with Crippen LogP contribution in [0, 0.1) is 17.0 Å². The first-order valence-electron chi connectivity index (χ1n) is 11.0. The first kappa shape index (κ1) is 21.6. The van der Waals surface area contributed by atoms with Crippen molar-refractivity contribution < 1.29 is 14.5 Å². The maximum atomic E-state index is 13.4. The number of aromatic nitrogens is 2. The Balaban J connectivity index is 1.48. The summed E-state index contributed by atoms with van der Waals surface area (Å²) in [6, 6.07) is 17.9. The van der Waals surface area contributed by atoms with Crippen LogP contribution in [-0.2, 0) is 4.74 Å². The van der Waals surface area contributed by atoms with Gasteiger partial charge in [-0.05, 0) is 36.8 Å². The number of hydrogen-bond donors (Lipinski definition) is 2. The van der Waals surface area contributed by atoms with Crippen LogP contribution in [0.1, 0.15) is 15.9 Å². The van der Waals surface area contributed by atoms with Crippen LogP contribution in [0.25, 0.3) is 22.4 Å². The summed E-state index contributed by atoms with van der Waals surface area (Å²) >= 11 is 0. The number of hydrogen-bond acceptors (Lipinski definition) is 6. The second-order valence-electron chi connectivity index (χ2n) is 8.14. The molecule has 4 aromatic rings. The van der Waals surface area contributed by atoms with Crippen molar-refractivity contribution >= 4 is 34.0 Å². The van der Waals surface area contributed by atoms with E-state index in [0.29, 0.717) is 43.5 Å². The van der Waals surface area contributed by atoms with Gasteiger partial charge in [0.2, 0.25) is 0 Å². The number of H-pyrrole nitrogens is 1. The Morgan fingerprint density at radius 3 is 2.68 bits per heavy atom. The molecular formula is C25H23N5O4. The minimum Gasteiger partial charge on any atom is -0.378 e. The van der Waals surface area contributed by atoms with Gasteiger partial charge in [-0.2, -0.15) is 0 Å². The minimum atomic E-state index is -0.493. The van der Waals surface area contributed by atoms with Crippen molar-refractivity contribution in [2.45, 2.75) is 6.92 Å². The second-order valence-corrected chi connectivity index (χ2v) is 8.14. The molecule has 1 fully saturated rings. The maximum Gasteiger partial charge on any atom is 0.270 e. The monoisotopic (exact) mass is 457 g/mol. The molecule has 172 valence electrons. The van der Waals surface area contributed by atoms with Gasteiger partial charge in [0, 0.05) is 36.5 Å². The van der Waals surface area contributed by atoms with Crippen molar-refractivity contribution in [2.24, 2.45) is 0 Å². The molecule has 1 aromatic heterocycles. The molecule has 9 nitrogen and oxygen atoms in total. The third-order valence-corrected chi connectivity index (χ3v) is 5.94. The summed E-state index contributed by atoms with van der Waals surface area (Å²) in [5.74, 6) is 0.288. The zero-order valence-electron chi connectivity index (χ0n) is 18.6. The van der Waals surface area contributed by atoms with Crippen molar-refractivity contribution in [3.63, 3.8) is 0 Å². The molecule has 5 rings (SSSR count). The third-order valence-electron chi connectivity index (χ3n) is 5.94. The molecule has 9 heteroatoms. The van der Waals surface area contributed by atoms with E-state index >= 15 is 0 Å². The molecule has 1 aliphatic rings. The molecule has 1 saturated heterocycles. The molecule has 0 atom stereocenters. The number of aromatic amines is 1. The van der Waals surface area contributed by atoms with Crippen molar-refractivity contribution in [1.82, 2.24) is 9.97 Å². The van der Waals surface area contributed by atoms with E-state index in [1.54, 1.807) is 6.07 Å². The number of rotatable bonds is 5. The lowest BCUT2D eigenvalue weighted by molar-refractivity contribution is -0.384. The molecule has 0 spiro atoms. The molecule has 1 amide bonds. The number of nitro groups is 1. The molecule has 0 unspecified atom stereocenters. The largest absolute Gasteiger partial charge is 0.378 e. The van der Waals surface area contributed by atoms with E-state index in [1.807, 2.05) is 54.3 Å². The molecule has 2 heterocycles. The number of para-hydroxylation sites is 2. The molecular weight excluding hydrogens is 434 g/mol. The van der Waals surface area contributed by atoms with Crippen LogP contribution in [-0.4, -0.2) is 47.1 Å². The lowest BCUT2D eigenvalue weighted by atomic mass is 10.1. The Kier molecular flexibility index (Phi) is 5.69. The Morgan fingerprint density at radius 1 is 1.12 bits per heavy atom. The van der Waals surface area contributed by atoms with E-state index < -0.39 is 10.8 Å². The van der Waals surface area contributed by atoms with E-state index in [1.165, 1.54) is 12.1 Å². The van der Waals surface area contributed by atoms with Gasteiger partial charge in [-0.1, -0.05) is 24.3 Å². The molecule has 0 aliphatic carbocycles. The van der Waals surface area contributed by atoms with Gasteiger partial charge in [0.05, 0.1) is 40.4 Å². The molecule has 0 bridgehead atoms. The molecule has 1 aliphatic heterocycles. The van der Waals surface area contributed by atoms with Crippen LogP contribution in [0.4, 0.5) is 17.1 Å². The lowest BCUT2D eigenvalue weighted by Gasteiger charge is -2.30. The normalized spacial score (nSPS) is 13.7. The smallest absolute Gasteiger partial charge is 0.270 e. The predicted molar refractivity (Wildman–Crippen MR) is 130 cm³/mol. The molecule has 0 saturated carbocycles. The van der Waals surface area contributed by atoms with E-state index in [9.17, 15) is 14.9 Å². The number of carbonyl (C=O) groups excluding carboxylic acids is 1. The highest BCUT2D eigenvalue weighted by molar-refractivity contribution is 6.09. The van der Waals surface area contributed by atoms with Crippen LogP contribution in [0.2, 0.25) is 0 Å². The summed E-state index contributed by atoms with van der Waals surface area (Å²) in [5, 5.41) is 14.3. The summed E-state index contributed by atoms with van der Waals surface area (Å²) < 4.78 is 5.41. The topological polar surface area (TPSA) is 113 Å². The van der Waals surface area contributed by atoms with Gasteiger partial charge < -0.3 is 19.9 Å². The minimum absolute atomic E-state index is 0.130. The van der Waals surface area contributed by atoms with E-state index in [-0.39, 0.29) is 11.3 Å². The number of aryl methyl sites for hydroxylation is 1. The molecule has 34 heavy (non-hydrogen) atoms. The number of amides is 1. The summed E-state index contributed by atoms with van der Waals surface area (Å²) in [7, 11) is 0. The van der Waals surface area contributed by atoms with Crippen LogP contribution in [0.5, 0.6) is 0 Å². The van der Waals surface area contributed by atoms with Gasteiger partial charge in [0.15, 0.2) is 0 Å². The van der Waals surface area contributed by atoms with Gasteiger partial charge >= 0.3 is 0 Å². The number of carbonyl (C=O) groups is 1. The average Bonchev–Trinajstić information content (AvgIpc) is 3.30. The summed E-state index contributed by atoms with van der Waals surface area (Å²) in [5.41, 5.74) is 4.86. The number of nitrogens with zero attached hydrogens (tertiary/aromatic N) is 3.